The van der Waals surface area contributed by atoms with E-state index in [0.717, 1.165) is 0 Å². The van der Waals surface area contributed by atoms with E-state index < -0.39 is 0 Å². The lowest BCUT2D eigenvalue weighted by molar-refractivity contribution is 0.107. The van der Waals surface area contributed by atoms with E-state index in [0.29, 0.717) is 12.1 Å². The third kappa shape index (κ3) is 1.15. The first-order chi connectivity index (χ1) is 5.42. The van der Waals surface area contributed by atoms with Crippen LogP contribution in [-0.4, -0.2) is 23.4 Å². The molecule has 0 heterocycles. The molecule has 2 heteroatoms. The van der Waals surface area contributed by atoms with Crippen LogP contribution in [0.15, 0.2) is 0 Å². The summed E-state index contributed by atoms with van der Waals surface area (Å²) in [6.45, 7) is 0. The molecule has 0 atom stereocenters. The molecule has 1 radical (unpaired) electrons. The normalized spacial score (nSPS) is 25.5. The van der Waals surface area contributed by atoms with Crippen LogP contribution in [0.3, 0.4) is 0 Å². The minimum atomic E-state index is 0.554. The second kappa shape index (κ2) is 2.84. The maximum absolute atomic E-state index is 10.6. The minimum Gasteiger partial charge on any atom is -0.328 e. The smallest absolute Gasteiger partial charge is 0.312 e. The summed E-state index contributed by atoms with van der Waals surface area (Å²) in [7, 11) is 0. The second-order valence-corrected chi connectivity index (χ2v) is 3.67. The summed E-state index contributed by atoms with van der Waals surface area (Å²) in [5.74, 6) is 0. The van der Waals surface area contributed by atoms with Gasteiger partial charge in [-0.25, -0.2) is 0 Å². The van der Waals surface area contributed by atoms with Gasteiger partial charge < -0.3 is 4.90 Å². The van der Waals surface area contributed by atoms with Gasteiger partial charge in [-0.05, 0) is 38.5 Å². The number of nitrogens with zero attached hydrogens (tertiary/aromatic N) is 1. The highest BCUT2D eigenvalue weighted by Gasteiger charge is 2.32. The summed E-state index contributed by atoms with van der Waals surface area (Å²) >= 11 is 0. The molecule has 2 aliphatic rings. The molecular formula is C9H14NO. The third-order valence-corrected chi connectivity index (χ3v) is 3.04. The van der Waals surface area contributed by atoms with Gasteiger partial charge in [-0.3, -0.25) is 4.79 Å². The number of rotatable bonds is 3. The van der Waals surface area contributed by atoms with Crippen LogP contribution >= 0.6 is 0 Å². The Kier molecular flexibility index (Phi) is 1.84. The van der Waals surface area contributed by atoms with Gasteiger partial charge in [0.25, 0.3) is 0 Å². The zero-order valence-electron chi connectivity index (χ0n) is 6.75. The van der Waals surface area contributed by atoms with Crippen molar-refractivity contribution >= 4 is 6.41 Å². The molecule has 0 spiro atoms. The Morgan fingerprint density at radius 2 is 1.45 bits per heavy atom. The zero-order chi connectivity index (χ0) is 7.68. The van der Waals surface area contributed by atoms with Gasteiger partial charge in [0, 0.05) is 12.1 Å². The van der Waals surface area contributed by atoms with Gasteiger partial charge in [-0.1, -0.05) is 0 Å². The first-order valence-electron chi connectivity index (χ1n) is 4.58. The Labute approximate surface area is 67.6 Å². The maximum atomic E-state index is 10.6. The molecule has 0 aliphatic heterocycles. The van der Waals surface area contributed by atoms with E-state index >= 15 is 0 Å². The van der Waals surface area contributed by atoms with Crippen molar-refractivity contribution in [3.63, 3.8) is 0 Å². The molecule has 0 aromatic carbocycles. The van der Waals surface area contributed by atoms with Crippen LogP contribution in [0.4, 0.5) is 0 Å². The average molecular weight is 152 g/mol. The molecule has 0 aromatic rings. The predicted molar refractivity (Wildman–Crippen MR) is 42.8 cm³/mol. The van der Waals surface area contributed by atoms with Crippen LogP contribution in [0, 0.1) is 0 Å². The van der Waals surface area contributed by atoms with Crippen molar-refractivity contribution in [2.24, 2.45) is 0 Å². The van der Waals surface area contributed by atoms with Crippen molar-refractivity contribution in [2.45, 2.75) is 50.6 Å². The summed E-state index contributed by atoms with van der Waals surface area (Å²) in [5, 5.41) is 0. The van der Waals surface area contributed by atoms with E-state index in [1.807, 2.05) is 4.90 Å². The largest absolute Gasteiger partial charge is 0.328 e. The van der Waals surface area contributed by atoms with Crippen molar-refractivity contribution in [3.8, 4) is 0 Å². The van der Waals surface area contributed by atoms with Crippen molar-refractivity contribution in [3.05, 3.63) is 0 Å². The van der Waals surface area contributed by atoms with Gasteiger partial charge in [-0.2, -0.15) is 0 Å². The van der Waals surface area contributed by atoms with Crippen molar-refractivity contribution < 1.29 is 4.79 Å². The molecule has 2 nitrogen and oxygen atoms in total. The Bertz CT molecular complexity index is 136. The highest BCUT2D eigenvalue weighted by Crippen LogP contribution is 2.32. The number of carbonyl (C=O) groups excluding carboxylic acids is 1. The van der Waals surface area contributed by atoms with Crippen molar-refractivity contribution in [1.29, 1.82) is 0 Å². The summed E-state index contributed by atoms with van der Waals surface area (Å²) in [5.41, 5.74) is 0. The summed E-state index contributed by atoms with van der Waals surface area (Å²) in [6.07, 6.45) is 9.55. The second-order valence-electron chi connectivity index (χ2n) is 3.67. The first-order valence-corrected chi connectivity index (χ1v) is 4.58. The van der Waals surface area contributed by atoms with Gasteiger partial charge in [0.2, 0.25) is 0 Å². The Morgan fingerprint density at radius 1 is 1.00 bits per heavy atom. The first kappa shape index (κ1) is 7.14. The molecule has 0 bridgehead atoms. The fourth-order valence-electron chi connectivity index (χ4n) is 1.78. The Morgan fingerprint density at radius 3 is 1.64 bits per heavy atom. The minimum absolute atomic E-state index is 0.554. The van der Waals surface area contributed by atoms with Gasteiger partial charge in [0.15, 0.2) is 0 Å². The quantitative estimate of drug-likeness (QED) is 0.561. The fourth-order valence-corrected chi connectivity index (χ4v) is 1.78. The number of hydrogen-bond donors (Lipinski definition) is 0. The van der Waals surface area contributed by atoms with E-state index in [9.17, 15) is 4.79 Å². The lowest BCUT2D eigenvalue weighted by Crippen LogP contribution is -2.48. The van der Waals surface area contributed by atoms with Crippen LogP contribution in [0.1, 0.15) is 38.5 Å². The van der Waals surface area contributed by atoms with Crippen LogP contribution in [-0.2, 0) is 4.79 Å². The number of hydrogen-bond acceptors (Lipinski definition) is 1. The maximum Gasteiger partial charge on any atom is 0.312 e. The molecule has 0 unspecified atom stereocenters. The number of amides is 1. The summed E-state index contributed by atoms with van der Waals surface area (Å²) in [4.78, 5) is 12.5. The molecule has 2 fully saturated rings. The Hall–Kier alpha value is -0.530. The van der Waals surface area contributed by atoms with Crippen LogP contribution in [0.5, 0.6) is 0 Å². The molecule has 2 saturated carbocycles. The molecule has 1 amide bonds. The highest BCUT2D eigenvalue weighted by atomic mass is 16.1. The van der Waals surface area contributed by atoms with Gasteiger partial charge in [0.1, 0.15) is 0 Å². The molecule has 11 heavy (non-hydrogen) atoms. The average Bonchev–Trinajstić information content (AvgIpc) is 1.78. The monoisotopic (exact) mass is 152 g/mol. The molecule has 2 rings (SSSR count). The SMILES string of the molecule is O=[C]N(C1CCC1)C1CCC1. The van der Waals surface area contributed by atoms with E-state index in [1.165, 1.54) is 38.5 Å². The Balaban J connectivity index is 1.88. The van der Waals surface area contributed by atoms with Crippen molar-refractivity contribution in [2.75, 3.05) is 0 Å². The lowest BCUT2D eigenvalue weighted by Gasteiger charge is -2.43. The van der Waals surface area contributed by atoms with E-state index in [2.05, 4.69) is 6.41 Å². The molecular weight excluding hydrogens is 138 g/mol. The van der Waals surface area contributed by atoms with E-state index in [-0.39, 0.29) is 0 Å². The molecule has 61 valence electrons. The van der Waals surface area contributed by atoms with Crippen LogP contribution in [0.25, 0.3) is 0 Å². The summed E-state index contributed by atoms with van der Waals surface area (Å²) < 4.78 is 0. The predicted octanol–water partition coefficient (Wildman–Crippen LogP) is 1.46. The van der Waals surface area contributed by atoms with Gasteiger partial charge in [-0.15, -0.1) is 0 Å². The zero-order valence-corrected chi connectivity index (χ0v) is 6.75. The van der Waals surface area contributed by atoms with E-state index in [4.69, 9.17) is 0 Å². The highest BCUT2D eigenvalue weighted by molar-refractivity contribution is 5.50. The van der Waals surface area contributed by atoms with Crippen LogP contribution < -0.4 is 0 Å². The molecule has 2 aliphatic carbocycles. The fraction of sp³-hybridized carbons (Fsp3) is 0.889. The van der Waals surface area contributed by atoms with Gasteiger partial charge >= 0.3 is 6.41 Å². The van der Waals surface area contributed by atoms with Crippen molar-refractivity contribution in [1.82, 2.24) is 4.90 Å². The summed E-state index contributed by atoms with van der Waals surface area (Å²) in [6, 6.07) is 1.11. The lowest BCUT2D eigenvalue weighted by atomic mass is 9.85. The molecule has 0 N–H and O–H groups in total. The topological polar surface area (TPSA) is 20.3 Å². The molecule has 0 aromatic heterocycles. The molecule has 0 saturated heterocycles. The standard InChI is InChI=1S/C9H14NO/c11-7-10(8-3-1-4-8)9-5-2-6-9/h8-9H,1-6H2. The van der Waals surface area contributed by atoms with E-state index in [1.54, 1.807) is 0 Å². The third-order valence-electron chi connectivity index (χ3n) is 3.04. The van der Waals surface area contributed by atoms with Crippen LogP contribution in [0.2, 0.25) is 0 Å². The van der Waals surface area contributed by atoms with Gasteiger partial charge in [0.05, 0.1) is 0 Å².